The molecule has 380 valence electrons. The monoisotopic (exact) mass is 978 g/mol. The number of aromatic nitrogens is 4. The second-order valence-corrected chi connectivity index (χ2v) is 22.8. The molecule has 5 saturated heterocycles. The number of amides is 5. The van der Waals surface area contributed by atoms with Crippen molar-refractivity contribution in [2.24, 2.45) is 11.8 Å². The van der Waals surface area contributed by atoms with Gasteiger partial charge < -0.3 is 34.4 Å². The van der Waals surface area contributed by atoms with Crippen LogP contribution in [0.3, 0.4) is 0 Å². The summed E-state index contributed by atoms with van der Waals surface area (Å²) in [4.78, 5) is 93.3. The Morgan fingerprint density at radius 3 is 2.33 bits per heavy atom. The van der Waals surface area contributed by atoms with Crippen LogP contribution < -0.4 is 20.4 Å². The Balaban J connectivity index is 0.702. The largest absolute Gasteiger partial charge is 0.366 e. The number of hydrogen-bond acceptors (Lipinski definition) is 11. The summed E-state index contributed by atoms with van der Waals surface area (Å²) in [5.41, 5.74) is 6.02. The number of imidazole rings is 1. The van der Waals surface area contributed by atoms with E-state index in [2.05, 4.69) is 73.0 Å². The van der Waals surface area contributed by atoms with Gasteiger partial charge in [0.15, 0.2) is 5.82 Å². The minimum Gasteiger partial charge on any atom is -0.366 e. The lowest BCUT2D eigenvalue weighted by Crippen LogP contribution is -2.58. The fourth-order valence-corrected chi connectivity index (χ4v) is 13.4. The van der Waals surface area contributed by atoms with Gasteiger partial charge in [0.25, 0.3) is 0 Å². The third kappa shape index (κ3) is 8.82. The van der Waals surface area contributed by atoms with E-state index < -0.39 is 5.41 Å². The highest BCUT2D eigenvalue weighted by atomic mass is 16.2. The Morgan fingerprint density at radius 2 is 1.61 bits per heavy atom. The van der Waals surface area contributed by atoms with Crippen molar-refractivity contribution in [2.45, 2.75) is 152 Å². The number of nitrogens with zero attached hydrogens (tertiary/aromatic N) is 9. The van der Waals surface area contributed by atoms with Crippen molar-refractivity contribution in [3.8, 4) is 11.3 Å². The Hall–Kier alpha value is -5.90. The predicted octanol–water partition coefficient (Wildman–Crippen LogP) is 6.94. The second kappa shape index (κ2) is 19.2. The van der Waals surface area contributed by atoms with Gasteiger partial charge in [-0.2, -0.15) is 0 Å². The summed E-state index contributed by atoms with van der Waals surface area (Å²) in [6, 6.07) is 13.9. The zero-order chi connectivity index (χ0) is 49.3. The number of pyridine rings is 2. The number of benzene rings is 1. The molecule has 5 amide bonds. The molecular formula is C56H71N11O5. The number of carbonyl (C=O) groups excluding carboxylic acids is 5. The number of hydrogen-bond donors (Lipinski definition) is 2. The fraction of sp³-hybridized carbons (Fsp3) is 0.607. The highest BCUT2D eigenvalue weighted by Crippen LogP contribution is 2.52. The van der Waals surface area contributed by atoms with Crippen molar-refractivity contribution < 1.29 is 24.0 Å². The fourth-order valence-electron chi connectivity index (χ4n) is 13.4. The molecule has 9 heterocycles. The lowest BCUT2D eigenvalue weighted by molar-refractivity contribution is -0.144. The van der Waals surface area contributed by atoms with Crippen LogP contribution in [-0.4, -0.2) is 134 Å². The summed E-state index contributed by atoms with van der Waals surface area (Å²) in [7, 11) is 0. The Labute approximate surface area is 422 Å². The van der Waals surface area contributed by atoms with Gasteiger partial charge in [0.1, 0.15) is 11.3 Å². The molecule has 6 aliphatic heterocycles. The standard InChI is InChI=1S/C56H71N11O5/c1-35(2)66-34-58-46-31-45(60-52(51(46)66)59-40-10-11-40)37-8-13-44-47(28-37)67(42-29-41(30-42)62-20-4-3-5-21-62)55(72)56(44)18-25-64(26-19-56)54(71)39-7-6-22-65(33-39)50(69)27-36-16-23-63(24-17-36)48-14-9-38(32-57-48)43-12-15-49(68)61-53(43)70/h8-9,13-14,28,31-32,34-36,39-43H,3-7,10-12,15-27,29-30,33H2,1-2H3,(H,59,60)(H,61,68,70)/t39-,41?,42?,43?/m1/s1. The molecule has 72 heavy (non-hydrogen) atoms. The van der Waals surface area contributed by atoms with Crippen LogP contribution in [0, 0.1) is 11.8 Å². The first kappa shape index (κ1) is 47.1. The molecule has 0 bridgehead atoms. The normalized spacial score (nSPS) is 26.1. The number of fused-ring (bicyclic) bond motifs is 3. The molecular weight excluding hydrogens is 907 g/mol. The number of nitrogens with one attached hydrogen (secondary N) is 2. The van der Waals surface area contributed by atoms with Gasteiger partial charge in [-0.15, -0.1) is 0 Å². The van der Waals surface area contributed by atoms with E-state index in [1.165, 1.54) is 19.3 Å². The molecule has 16 nitrogen and oxygen atoms in total. The molecule has 2 saturated carbocycles. The quantitative estimate of drug-likeness (QED) is 0.150. The molecule has 2 aliphatic carbocycles. The average Bonchev–Trinajstić information content (AvgIpc) is 4.05. The first-order valence-corrected chi connectivity index (χ1v) is 27.5. The molecule has 12 rings (SSSR count). The Bertz CT molecular complexity index is 2740. The summed E-state index contributed by atoms with van der Waals surface area (Å²) in [6.45, 7) is 10.4. The Morgan fingerprint density at radius 1 is 0.819 bits per heavy atom. The van der Waals surface area contributed by atoms with Crippen molar-refractivity contribution in [1.82, 2.24) is 39.5 Å². The van der Waals surface area contributed by atoms with Gasteiger partial charge in [-0.05, 0) is 146 Å². The van der Waals surface area contributed by atoms with Crippen molar-refractivity contribution >= 4 is 57.9 Å². The predicted molar refractivity (Wildman–Crippen MR) is 275 cm³/mol. The lowest BCUT2D eigenvalue weighted by atomic mass is 9.73. The van der Waals surface area contributed by atoms with Crippen LogP contribution in [0.4, 0.5) is 17.3 Å². The highest BCUT2D eigenvalue weighted by molar-refractivity contribution is 6.09. The van der Waals surface area contributed by atoms with Gasteiger partial charge >= 0.3 is 0 Å². The summed E-state index contributed by atoms with van der Waals surface area (Å²) in [5.74, 6) is 1.36. The maximum atomic E-state index is 15.3. The third-order valence-electron chi connectivity index (χ3n) is 17.9. The molecule has 3 aromatic heterocycles. The van der Waals surface area contributed by atoms with E-state index in [-0.39, 0.29) is 59.4 Å². The molecule has 16 heteroatoms. The van der Waals surface area contributed by atoms with Crippen LogP contribution in [0.5, 0.6) is 0 Å². The van der Waals surface area contributed by atoms with Gasteiger partial charge in [0.05, 0.1) is 34.8 Å². The van der Waals surface area contributed by atoms with Gasteiger partial charge in [-0.1, -0.05) is 24.6 Å². The lowest BCUT2D eigenvalue weighted by Gasteiger charge is -2.48. The summed E-state index contributed by atoms with van der Waals surface area (Å²) in [5, 5.41) is 6.14. The summed E-state index contributed by atoms with van der Waals surface area (Å²) in [6.07, 6.45) is 17.6. The van der Waals surface area contributed by atoms with E-state index in [0.717, 1.165) is 128 Å². The molecule has 2 atom stereocenters. The number of rotatable bonds is 11. The first-order valence-electron chi connectivity index (χ1n) is 27.5. The van der Waals surface area contributed by atoms with Gasteiger partial charge in [0, 0.05) is 93.7 Å². The van der Waals surface area contributed by atoms with E-state index in [9.17, 15) is 19.2 Å². The first-order chi connectivity index (χ1) is 35.0. The van der Waals surface area contributed by atoms with Crippen LogP contribution in [0.2, 0.25) is 0 Å². The third-order valence-corrected chi connectivity index (χ3v) is 17.9. The number of carbonyl (C=O) groups is 5. The smallest absolute Gasteiger partial charge is 0.238 e. The van der Waals surface area contributed by atoms with Crippen LogP contribution in [0.15, 0.2) is 48.9 Å². The SMILES string of the molecule is CC(C)n1cnc2cc(-c3ccc4c(c3)N(C3CC(N5CCCCC5)C3)C(=O)C43CCN(C(=O)[C@@H]4CCCN(C(=O)CC5CCN(c6ccc(C7CCC(=O)NC7=O)cn6)CC5)C4)CC3)nc(NC3CC3)c21. The van der Waals surface area contributed by atoms with E-state index in [4.69, 9.17) is 9.97 Å². The average molecular weight is 978 g/mol. The van der Waals surface area contributed by atoms with E-state index in [1.54, 1.807) is 6.20 Å². The molecule has 8 aliphatic rings. The molecule has 1 aromatic carbocycles. The van der Waals surface area contributed by atoms with Crippen LogP contribution in [0.1, 0.15) is 140 Å². The maximum absolute atomic E-state index is 15.3. The minimum absolute atomic E-state index is 0.116. The zero-order valence-electron chi connectivity index (χ0n) is 42.2. The summed E-state index contributed by atoms with van der Waals surface area (Å²) < 4.78 is 2.20. The van der Waals surface area contributed by atoms with Gasteiger partial charge in [-0.3, -0.25) is 29.3 Å². The number of imide groups is 1. The van der Waals surface area contributed by atoms with Crippen molar-refractivity contribution in [3.63, 3.8) is 0 Å². The molecule has 7 fully saturated rings. The second-order valence-electron chi connectivity index (χ2n) is 22.8. The van der Waals surface area contributed by atoms with Gasteiger partial charge in [-0.25, -0.2) is 15.0 Å². The van der Waals surface area contributed by atoms with E-state index in [0.29, 0.717) is 70.4 Å². The van der Waals surface area contributed by atoms with Gasteiger partial charge in [0.2, 0.25) is 29.5 Å². The van der Waals surface area contributed by atoms with E-state index in [1.807, 2.05) is 28.3 Å². The number of piperidine rings is 5. The molecule has 4 aromatic rings. The molecule has 1 spiro atoms. The van der Waals surface area contributed by atoms with Crippen LogP contribution in [-0.2, 0) is 29.4 Å². The minimum atomic E-state index is -0.688. The molecule has 1 unspecified atom stereocenters. The molecule has 0 radical (unpaired) electrons. The zero-order valence-corrected chi connectivity index (χ0v) is 42.2. The van der Waals surface area contributed by atoms with Crippen molar-refractivity contribution in [3.05, 3.63) is 60.0 Å². The van der Waals surface area contributed by atoms with Crippen molar-refractivity contribution in [1.29, 1.82) is 0 Å². The van der Waals surface area contributed by atoms with Crippen LogP contribution in [0.25, 0.3) is 22.3 Å². The molecule has 2 N–H and O–H groups in total. The highest BCUT2D eigenvalue weighted by Gasteiger charge is 2.56. The maximum Gasteiger partial charge on any atom is 0.238 e. The van der Waals surface area contributed by atoms with Crippen LogP contribution >= 0.6 is 0 Å². The topological polar surface area (TPSA) is 169 Å². The number of anilines is 3. The number of likely N-dealkylation sites (tertiary alicyclic amines) is 3. The van der Waals surface area contributed by atoms with Crippen molar-refractivity contribution in [2.75, 3.05) is 67.5 Å². The Kier molecular flexibility index (Phi) is 12.6. The summed E-state index contributed by atoms with van der Waals surface area (Å²) >= 11 is 0. The van der Waals surface area contributed by atoms with E-state index >= 15 is 4.79 Å².